The van der Waals surface area contributed by atoms with Crippen molar-refractivity contribution >= 4 is 5.91 Å². The third-order valence-corrected chi connectivity index (χ3v) is 16.8. The van der Waals surface area contributed by atoms with Gasteiger partial charge in [0.05, 0.1) is 25.4 Å². The van der Waals surface area contributed by atoms with Gasteiger partial charge in [-0.15, -0.1) is 0 Å². The van der Waals surface area contributed by atoms with E-state index in [0.717, 1.165) is 38.5 Å². The summed E-state index contributed by atoms with van der Waals surface area (Å²) in [4.78, 5) is 13.1. The second-order valence-corrected chi connectivity index (χ2v) is 24.3. The quantitative estimate of drug-likeness (QED) is 0.0261. The number of amides is 1. The van der Waals surface area contributed by atoms with Crippen LogP contribution in [0.4, 0.5) is 0 Å². The van der Waals surface area contributed by atoms with E-state index in [1.54, 1.807) is 6.08 Å². The van der Waals surface area contributed by atoms with Crippen LogP contribution in [0.5, 0.6) is 0 Å². The molecule has 7 atom stereocenters. The monoisotopic (exact) mass is 1100 g/mol. The highest BCUT2D eigenvalue weighted by Crippen LogP contribution is 2.23. The summed E-state index contributed by atoms with van der Waals surface area (Å²) in [5.74, 6) is -0.178. The Morgan fingerprint density at radius 3 is 1.08 bits per heavy atom. The lowest BCUT2D eigenvalue weighted by molar-refractivity contribution is -0.302. The van der Waals surface area contributed by atoms with Gasteiger partial charge in [0.2, 0.25) is 5.91 Å². The standard InChI is InChI=1S/C69H133NO8/c1-3-5-7-9-11-13-15-17-19-21-23-25-27-29-30-31-32-33-34-35-37-39-41-43-45-47-49-51-53-55-57-59-65(73)70-62(61-77-69-68(76)67(75)66(74)64(60-71)78-69)63(72)58-56-54-52-50-48-46-44-42-40-38-36-28-26-24-22-20-18-16-14-12-10-8-6-4-2/h48,50,56,58,62-64,66-69,71-72,74-76H,3-47,49,51-55,57,59-61H2,1-2H3,(H,70,73)/b50-48+,58-56+. The molecular formula is C69H133NO8. The fourth-order valence-corrected chi connectivity index (χ4v) is 11.4. The van der Waals surface area contributed by atoms with E-state index in [2.05, 4.69) is 31.3 Å². The number of hydrogen-bond acceptors (Lipinski definition) is 8. The van der Waals surface area contributed by atoms with E-state index in [-0.39, 0.29) is 12.5 Å². The molecule has 6 N–H and O–H groups in total. The maximum Gasteiger partial charge on any atom is 0.220 e. The van der Waals surface area contributed by atoms with E-state index in [4.69, 9.17) is 9.47 Å². The molecule has 9 nitrogen and oxygen atoms in total. The van der Waals surface area contributed by atoms with E-state index < -0.39 is 49.5 Å². The van der Waals surface area contributed by atoms with E-state index in [0.29, 0.717) is 6.42 Å². The molecule has 0 aliphatic carbocycles. The number of unbranched alkanes of at least 4 members (excludes halogenated alkanes) is 49. The second kappa shape index (κ2) is 58.9. The van der Waals surface area contributed by atoms with Crippen molar-refractivity contribution in [3.05, 3.63) is 24.3 Å². The predicted molar refractivity (Wildman–Crippen MR) is 332 cm³/mol. The first-order valence-corrected chi connectivity index (χ1v) is 34.6. The van der Waals surface area contributed by atoms with Crippen molar-refractivity contribution in [2.75, 3.05) is 13.2 Å². The summed E-state index contributed by atoms with van der Waals surface area (Å²) < 4.78 is 11.3. The molecule has 0 aromatic rings. The predicted octanol–water partition coefficient (Wildman–Crippen LogP) is 18.5. The lowest BCUT2D eigenvalue weighted by atomic mass is 9.99. The Labute approximate surface area is 483 Å². The molecule has 462 valence electrons. The first-order valence-electron chi connectivity index (χ1n) is 34.6. The van der Waals surface area contributed by atoms with Gasteiger partial charge in [0.1, 0.15) is 24.4 Å². The summed E-state index contributed by atoms with van der Waals surface area (Å²) >= 11 is 0. The maximum atomic E-state index is 13.1. The summed E-state index contributed by atoms with van der Waals surface area (Å²) in [6, 6.07) is -0.820. The summed E-state index contributed by atoms with van der Waals surface area (Å²) in [6.07, 6.45) is 70.1. The third-order valence-electron chi connectivity index (χ3n) is 16.8. The number of hydrogen-bond donors (Lipinski definition) is 6. The van der Waals surface area contributed by atoms with Crippen LogP contribution in [0.2, 0.25) is 0 Å². The van der Waals surface area contributed by atoms with Crippen LogP contribution >= 0.6 is 0 Å². The molecule has 1 aliphatic rings. The fourth-order valence-electron chi connectivity index (χ4n) is 11.4. The van der Waals surface area contributed by atoms with Crippen molar-refractivity contribution in [1.29, 1.82) is 0 Å². The van der Waals surface area contributed by atoms with Crippen LogP contribution in [0.3, 0.4) is 0 Å². The van der Waals surface area contributed by atoms with E-state index >= 15 is 0 Å². The van der Waals surface area contributed by atoms with Gasteiger partial charge in [0, 0.05) is 6.42 Å². The van der Waals surface area contributed by atoms with Crippen LogP contribution in [-0.2, 0) is 14.3 Å². The Morgan fingerprint density at radius 1 is 0.423 bits per heavy atom. The average molecular weight is 1100 g/mol. The fraction of sp³-hybridized carbons (Fsp3) is 0.928. The van der Waals surface area contributed by atoms with Crippen molar-refractivity contribution in [2.45, 2.75) is 397 Å². The van der Waals surface area contributed by atoms with Crippen molar-refractivity contribution < 1.29 is 39.8 Å². The Bertz CT molecular complexity index is 1280. The maximum absolute atomic E-state index is 13.1. The van der Waals surface area contributed by atoms with Crippen LogP contribution in [0.15, 0.2) is 24.3 Å². The molecule has 0 saturated carbocycles. The van der Waals surface area contributed by atoms with Gasteiger partial charge in [-0.25, -0.2) is 0 Å². The molecule has 0 spiro atoms. The Balaban J connectivity index is 2.13. The van der Waals surface area contributed by atoms with Crippen LogP contribution in [0, 0.1) is 0 Å². The average Bonchev–Trinajstić information content (AvgIpc) is 3.45. The van der Waals surface area contributed by atoms with Gasteiger partial charge in [0.25, 0.3) is 0 Å². The summed E-state index contributed by atoms with van der Waals surface area (Å²) in [5.41, 5.74) is 0. The topological polar surface area (TPSA) is 149 Å². The minimum Gasteiger partial charge on any atom is -0.394 e. The molecular weight excluding hydrogens is 971 g/mol. The largest absolute Gasteiger partial charge is 0.394 e. The minimum absolute atomic E-state index is 0.178. The van der Waals surface area contributed by atoms with E-state index in [1.165, 1.54) is 295 Å². The molecule has 1 saturated heterocycles. The smallest absolute Gasteiger partial charge is 0.220 e. The lowest BCUT2D eigenvalue weighted by Gasteiger charge is -2.40. The summed E-state index contributed by atoms with van der Waals surface area (Å²) in [7, 11) is 0. The van der Waals surface area contributed by atoms with Gasteiger partial charge in [-0.3, -0.25) is 4.79 Å². The number of carbonyl (C=O) groups excluding carboxylic acids is 1. The van der Waals surface area contributed by atoms with Gasteiger partial charge in [-0.1, -0.05) is 340 Å². The number of aliphatic hydroxyl groups excluding tert-OH is 5. The van der Waals surface area contributed by atoms with Crippen LogP contribution in [0.1, 0.15) is 354 Å². The zero-order valence-electron chi connectivity index (χ0n) is 51.7. The highest BCUT2D eigenvalue weighted by Gasteiger charge is 2.44. The van der Waals surface area contributed by atoms with Gasteiger partial charge in [-0.2, -0.15) is 0 Å². The SMILES string of the molecule is CCCCCCCCCCCCCCCCCCCC/C=C/CC/C=C/C(O)C(COC1OC(CO)C(O)C(O)C1O)NC(=O)CCCCCCCCCCCCCCCCCCCCCCCCCCCCCCCCC. The number of carbonyl (C=O) groups is 1. The number of nitrogens with one attached hydrogen (secondary N) is 1. The number of aliphatic hydroxyl groups is 5. The molecule has 1 rings (SSSR count). The number of rotatable bonds is 61. The van der Waals surface area contributed by atoms with Crippen molar-refractivity contribution in [3.63, 3.8) is 0 Å². The Morgan fingerprint density at radius 2 is 0.731 bits per heavy atom. The van der Waals surface area contributed by atoms with Crippen LogP contribution < -0.4 is 5.32 Å². The Kier molecular flexibility index (Phi) is 56.3. The normalized spacial score (nSPS) is 18.7. The summed E-state index contributed by atoms with van der Waals surface area (Å²) in [5, 5.41) is 54.7. The first kappa shape index (κ1) is 74.7. The molecule has 1 amide bonds. The van der Waals surface area contributed by atoms with Gasteiger partial charge >= 0.3 is 0 Å². The molecule has 0 radical (unpaired) electrons. The van der Waals surface area contributed by atoms with Gasteiger partial charge in [-0.05, 0) is 32.1 Å². The molecule has 1 fully saturated rings. The highest BCUT2D eigenvalue weighted by molar-refractivity contribution is 5.76. The molecule has 0 bridgehead atoms. The molecule has 9 heteroatoms. The molecule has 7 unspecified atom stereocenters. The zero-order valence-corrected chi connectivity index (χ0v) is 51.7. The molecule has 0 aromatic carbocycles. The number of allylic oxidation sites excluding steroid dienone is 3. The lowest BCUT2D eigenvalue weighted by Crippen LogP contribution is -2.60. The molecule has 1 heterocycles. The van der Waals surface area contributed by atoms with Gasteiger partial charge < -0.3 is 40.3 Å². The summed E-state index contributed by atoms with van der Waals surface area (Å²) in [6.45, 7) is 3.82. The second-order valence-electron chi connectivity index (χ2n) is 24.3. The molecule has 78 heavy (non-hydrogen) atoms. The zero-order chi connectivity index (χ0) is 56.5. The molecule has 0 aromatic heterocycles. The van der Waals surface area contributed by atoms with Gasteiger partial charge in [0.15, 0.2) is 6.29 Å². The Hall–Kier alpha value is -1.33. The molecule has 1 aliphatic heterocycles. The third kappa shape index (κ3) is 47.2. The van der Waals surface area contributed by atoms with Crippen LogP contribution in [0.25, 0.3) is 0 Å². The van der Waals surface area contributed by atoms with E-state index in [1.807, 2.05) is 6.08 Å². The van der Waals surface area contributed by atoms with Crippen molar-refractivity contribution in [1.82, 2.24) is 5.32 Å². The van der Waals surface area contributed by atoms with Crippen molar-refractivity contribution in [2.24, 2.45) is 0 Å². The number of ether oxygens (including phenoxy) is 2. The first-order chi connectivity index (χ1) is 38.3. The highest BCUT2D eigenvalue weighted by atomic mass is 16.7. The minimum atomic E-state index is -1.57. The van der Waals surface area contributed by atoms with E-state index in [9.17, 15) is 30.3 Å². The van der Waals surface area contributed by atoms with Crippen molar-refractivity contribution in [3.8, 4) is 0 Å². The van der Waals surface area contributed by atoms with Crippen LogP contribution in [-0.4, -0.2) is 87.5 Å².